The van der Waals surface area contributed by atoms with Crippen LogP contribution in [0.1, 0.15) is 41.9 Å². The summed E-state index contributed by atoms with van der Waals surface area (Å²) in [4.78, 5) is 17.0. The number of carbonyl (C=O) groups excluding carboxylic acids is 1. The van der Waals surface area contributed by atoms with Gasteiger partial charge in [-0.15, -0.1) is 0 Å². The van der Waals surface area contributed by atoms with Gasteiger partial charge < -0.3 is 9.72 Å². The second kappa shape index (κ2) is 6.36. The maximum absolute atomic E-state index is 11.5. The summed E-state index contributed by atoms with van der Waals surface area (Å²) in [6.07, 6.45) is 4.44. The predicted octanol–water partition coefficient (Wildman–Crippen LogP) is 3.63. The molecule has 1 N–H and O–H groups in total. The van der Waals surface area contributed by atoms with E-state index < -0.39 is 0 Å². The molecule has 1 fully saturated rings. The Morgan fingerprint density at radius 3 is 2.73 bits per heavy atom. The summed E-state index contributed by atoms with van der Waals surface area (Å²) in [5.41, 5.74) is 3.93. The Morgan fingerprint density at radius 2 is 2.00 bits per heavy atom. The summed E-state index contributed by atoms with van der Waals surface area (Å²) in [7, 11) is 1.39. The average Bonchev–Trinajstić information content (AvgIpc) is 3.25. The standard InChI is InChI=1S/C18H22N2O2/c1-13(20-8-3-4-9-20)14-6-5-7-15(10-14)16-11-17(19-12-16)18(21)22-2/h5-7,10-13,19H,3-4,8-9H2,1-2H3/t13-/m1/s1. The molecule has 1 atom stereocenters. The predicted molar refractivity (Wildman–Crippen MR) is 86.8 cm³/mol. The van der Waals surface area contributed by atoms with E-state index in [-0.39, 0.29) is 5.97 Å². The van der Waals surface area contributed by atoms with Gasteiger partial charge in [0.25, 0.3) is 0 Å². The van der Waals surface area contributed by atoms with Gasteiger partial charge in [-0.3, -0.25) is 4.90 Å². The van der Waals surface area contributed by atoms with E-state index in [9.17, 15) is 4.79 Å². The molecular formula is C18H22N2O2. The molecule has 4 heteroatoms. The highest BCUT2D eigenvalue weighted by molar-refractivity contribution is 5.89. The highest BCUT2D eigenvalue weighted by atomic mass is 16.5. The Bertz CT molecular complexity index is 657. The number of hydrogen-bond acceptors (Lipinski definition) is 3. The van der Waals surface area contributed by atoms with E-state index in [4.69, 9.17) is 4.74 Å². The first kappa shape index (κ1) is 14.9. The van der Waals surface area contributed by atoms with Gasteiger partial charge in [0.2, 0.25) is 0 Å². The summed E-state index contributed by atoms with van der Waals surface area (Å²) >= 11 is 0. The molecule has 2 aromatic rings. The fourth-order valence-corrected chi connectivity index (χ4v) is 3.11. The summed E-state index contributed by atoms with van der Waals surface area (Å²) < 4.78 is 4.74. The number of likely N-dealkylation sites (tertiary alicyclic amines) is 1. The van der Waals surface area contributed by atoms with Gasteiger partial charge >= 0.3 is 5.97 Å². The van der Waals surface area contributed by atoms with Crippen LogP contribution in [0.2, 0.25) is 0 Å². The Balaban J connectivity index is 1.84. The molecule has 1 aromatic carbocycles. The van der Waals surface area contributed by atoms with Gasteiger partial charge in [0.05, 0.1) is 7.11 Å². The Morgan fingerprint density at radius 1 is 1.23 bits per heavy atom. The zero-order valence-electron chi connectivity index (χ0n) is 13.1. The molecule has 3 rings (SSSR count). The maximum atomic E-state index is 11.5. The van der Waals surface area contributed by atoms with Crippen molar-refractivity contribution in [3.8, 4) is 11.1 Å². The molecule has 1 aromatic heterocycles. The largest absolute Gasteiger partial charge is 0.464 e. The van der Waals surface area contributed by atoms with Crippen LogP contribution in [0.4, 0.5) is 0 Å². The molecule has 2 heterocycles. The number of rotatable bonds is 4. The van der Waals surface area contributed by atoms with E-state index in [0.29, 0.717) is 11.7 Å². The zero-order chi connectivity index (χ0) is 15.5. The number of nitrogens with zero attached hydrogens (tertiary/aromatic N) is 1. The van der Waals surface area contributed by atoms with Gasteiger partial charge in [0.1, 0.15) is 5.69 Å². The third kappa shape index (κ3) is 2.92. The lowest BCUT2D eigenvalue weighted by Crippen LogP contribution is -2.23. The second-order valence-corrected chi connectivity index (χ2v) is 5.84. The minimum absolute atomic E-state index is 0.340. The molecule has 22 heavy (non-hydrogen) atoms. The van der Waals surface area contributed by atoms with Crippen LogP contribution in [0.25, 0.3) is 11.1 Å². The third-order valence-corrected chi connectivity index (χ3v) is 4.48. The monoisotopic (exact) mass is 298 g/mol. The molecule has 0 amide bonds. The molecule has 116 valence electrons. The average molecular weight is 298 g/mol. The van der Waals surface area contributed by atoms with Crippen molar-refractivity contribution in [2.45, 2.75) is 25.8 Å². The molecule has 0 bridgehead atoms. The molecule has 0 aliphatic carbocycles. The smallest absolute Gasteiger partial charge is 0.354 e. The first-order valence-electron chi connectivity index (χ1n) is 7.80. The Kier molecular flexibility index (Phi) is 4.29. The van der Waals surface area contributed by atoms with E-state index >= 15 is 0 Å². The molecule has 0 spiro atoms. The molecule has 1 saturated heterocycles. The molecule has 1 aliphatic rings. The van der Waals surface area contributed by atoms with Crippen molar-refractivity contribution in [1.29, 1.82) is 0 Å². The van der Waals surface area contributed by atoms with E-state index in [1.807, 2.05) is 12.3 Å². The van der Waals surface area contributed by atoms with Crippen LogP contribution in [0.3, 0.4) is 0 Å². The molecule has 0 unspecified atom stereocenters. The SMILES string of the molecule is COC(=O)c1cc(-c2cccc([C@@H](C)N3CCCC3)c2)c[nH]1. The van der Waals surface area contributed by atoms with Crippen LogP contribution in [-0.4, -0.2) is 36.1 Å². The van der Waals surface area contributed by atoms with E-state index in [0.717, 1.165) is 11.1 Å². The lowest BCUT2D eigenvalue weighted by Gasteiger charge is -2.24. The third-order valence-electron chi connectivity index (χ3n) is 4.48. The summed E-state index contributed by atoms with van der Waals surface area (Å²) in [6, 6.07) is 10.8. The van der Waals surface area contributed by atoms with Crippen molar-refractivity contribution >= 4 is 5.97 Å². The fourth-order valence-electron chi connectivity index (χ4n) is 3.11. The zero-order valence-corrected chi connectivity index (χ0v) is 13.1. The molecule has 4 nitrogen and oxygen atoms in total. The minimum atomic E-state index is -0.340. The van der Waals surface area contributed by atoms with Gasteiger partial charge in [0.15, 0.2) is 0 Å². The first-order valence-corrected chi connectivity index (χ1v) is 7.80. The summed E-state index contributed by atoms with van der Waals surface area (Å²) in [5.74, 6) is -0.340. The number of aromatic amines is 1. The lowest BCUT2D eigenvalue weighted by atomic mass is 10.0. The maximum Gasteiger partial charge on any atom is 0.354 e. The first-order chi connectivity index (χ1) is 10.7. The van der Waals surface area contributed by atoms with Crippen LogP contribution in [0.15, 0.2) is 36.5 Å². The lowest BCUT2D eigenvalue weighted by molar-refractivity contribution is 0.0595. The van der Waals surface area contributed by atoms with Gasteiger partial charge in [0, 0.05) is 17.8 Å². The minimum Gasteiger partial charge on any atom is -0.464 e. The van der Waals surface area contributed by atoms with Crippen molar-refractivity contribution in [3.63, 3.8) is 0 Å². The summed E-state index contributed by atoms with van der Waals surface area (Å²) in [5, 5.41) is 0. The number of nitrogens with one attached hydrogen (secondary N) is 1. The number of aromatic nitrogens is 1. The number of hydrogen-bond donors (Lipinski definition) is 1. The van der Waals surface area contributed by atoms with Gasteiger partial charge in [-0.25, -0.2) is 4.79 Å². The number of methoxy groups -OCH3 is 1. The fraction of sp³-hybridized carbons (Fsp3) is 0.389. The number of carbonyl (C=O) groups is 1. The number of ether oxygens (including phenoxy) is 1. The quantitative estimate of drug-likeness (QED) is 0.877. The van der Waals surface area contributed by atoms with Crippen LogP contribution < -0.4 is 0 Å². The second-order valence-electron chi connectivity index (χ2n) is 5.84. The summed E-state index contributed by atoms with van der Waals surface area (Å²) in [6.45, 7) is 4.63. The highest BCUT2D eigenvalue weighted by Gasteiger charge is 2.19. The number of benzene rings is 1. The van der Waals surface area contributed by atoms with Crippen LogP contribution in [-0.2, 0) is 4.74 Å². The normalized spacial score (nSPS) is 16.6. The van der Waals surface area contributed by atoms with Crippen molar-refractivity contribution in [3.05, 3.63) is 47.8 Å². The van der Waals surface area contributed by atoms with E-state index in [1.165, 1.54) is 38.6 Å². The van der Waals surface area contributed by atoms with E-state index in [1.54, 1.807) is 0 Å². The van der Waals surface area contributed by atoms with Crippen LogP contribution >= 0.6 is 0 Å². The number of esters is 1. The van der Waals surface area contributed by atoms with Crippen LogP contribution in [0.5, 0.6) is 0 Å². The van der Waals surface area contributed by atoms with Gasteiger partial charge in [-0.2, -0.15) is 0 Å². The molecular weight excluding hydrogens is 276 g/mol. The van der Waals surface area contributed by atoms with Crippen molar-refractivity contribution < 1.29 is 9.53 Å². The van der Waals surface area contributed by atoms with E-state index in [2.05, 4.69) is 41.1 Å². The molecule has 0 radical (unpaired) electrons. The van der Waals surface area contributed by atoms with Gasteiger partial charge in [-0.05, 0) is 56.1 Å². The van der Waals surface area contributed by atoms with Crippen molar-refractivity contribution in [2.75, 3.05) is 20.2 Å². The molecule has 0 saturated carbocycles. The van der Waals surface area contributed by atoms with Crippen LogP contribution in [0, 0.1) is 0 Å². The topological polar surface area (TPSA) is 45.3 Å². The Labute approximate surface area is 131 Å². The highest BCUT2D eigenvalue weighted by Crippen LogP contribution is 2.28. The van der Waals surface area contributed by atoms with Crippen molar-refractivity contribution in [2.24, 2.45) is 0 Å². The number of H-pyrrole nitrogens is 1. The molecule has 1 aliphatic heterocycles. The van der Waals surface area contributed by atoms with Crippen molar-refractivity contribution in [1.82, 2.24) is 9.88 Å². The van der Waals surface area contributed by atoms with Gasteiger partial charge in [-0.1, -0.05) is 18.2 Å². The Hall–Kier alpha value is -2.07.